The van der Waals surface area contributed by atoms with E-state index in [0.29, 0.717) is 0 Å². The van der Waals surface area contributed by atoms with E-state index >= 15 is 0 Å². The SMILES string of the molecule is COC1(c2ncc(CC(C)N)cn2)CCCC1. The van der Waals surface area contributed by atoms with Gasteiger partial charge in [0, 0.05) is 25.5 Å². The van der Waals surface area contributed by atoms with Crippen LogP contribution in [0.5, 0.6) is 0 Å². The van der Waals surface area contributed by atoms with Crippen LogP contribution >= 0.6 is 0 Å². The second-order valence-electron chi connectivity index (χ2n) is 5.00. The first-order valence-corrected chi connectivity index (χ1v) is 6.28. The second kappa shape index (κ2) is 5.10. The largest absolute Gasteiger partial charge is 0.370 e. The van der Waals surface area contributed by atoms with Crippen molar-refractivity contribution >= 4 is 0 Å². The maximum absolute atomic E-state index is 5.76. The zero-order valence-corrected chi connectivity index (χ0v) is 10.6. The molecule has 1 unspecified atom stereocenters. The highest BCUT2D eigenvalue weighted by Crippen LogP contribution is 2.39. The lowest BCUT2D eigenvalue weighted by Crippen LogP contribution is -2.27. The van der Waals surface area contributed by atoms with E-state index in [1.165, 1.54) is 12.8 Å². The molecule has 0 radical (unpaired) electrons. The predicted octanol–water partition coefficient (Wildman–Crippen LogP) is 1.78. The van der Waals surface area contributed by atoms with E-state index in [-0.39, 0.29) is 11.6 Å². The number of nitrogens with two attached hydrogens (primary N) is 1. The van der Waals surface area contributed by atoms with Crippen LogP contribution in [-0.4, -0.2) is 23.1 Å². The summed E-state index contributed by atoms with van der Waals surface area (Å²) in [7, 11) is 1.75. The maximum atomic E-state index is 5.76. The zero-order chi connectivity index (χ0) is 12.3. The van der Waals surface area contributed by atoms with Crippen LogP contribution in [0.15, 0.2) is 12.4 Å². The lowest BCUT2D eigenvalue weighted by molar-refractivity contribution is -0.0163. The number of aromatic nitrogens is 2. The van der Waals surface area contributed by atoms with Crippen molar-refractivity contribution in [1.29, 1.82) is 0 Å². The monoisotopic (exact) mass is 235 g/mol. The number of nitrogens with zero attached hydrogens (tertiary/aromatic N) is 2. The van der Waals surface area contributed by atoms with E-state index in [1.807, 2.05) is 19.3 Å². The third-order valence-corrected chi connectivity index (χ3v) is 3.47. The Balaban J connectivity index is 2.16. The molecule has 1 saturated carbocycles. The topological polar surface area (TPSA) is 61.0 Å². The fourth-order valence-electron chi connectivity index (χ4n) is 2.53. The van der Waals surface area contributed by atoms with Crippen molar-refractivity contribution in [2.45, 2.75) is 50.7 Å². The Morgan fingerprint density at radius 2 is 1.94 bits per heavy atom. The van der Waals surface area contributed by atoms with Crippen LogP contribution in [0.25, 0.3) is 0 Å². The van der Waals surface area contributed by atoms with E-state index in [4.69, 9.17) is 10.5 Å². The number of rotatable bonds is 4. The van der Waals surface area contributed by atoms with Gasteiger partial charge in [-0.25, -0.2) is 9.97 Å². The van der Waals surface area contributed by atoms with E-state index in [0.717, 1.165) is 30.7 Å². The van der Waals surface area contributed by atoms with Gasteiger partial charge in [-0.1, -0.05) is 0 Å². The summed E-state index contributed by atoms with van der Waals surface area (Å²) in [5, 5.41) is 0. The first kappa shape index (κ1) is 12.5. The third kappa shape index (κ3) is 2.64. The van der Waals surface area contributed by atoms with Gasteiger partial charge in [-0.2, -0.15) is 0 Å². The van der Waals surface area contributed by atoms with Crippen molar-refractivity contribution in [1.82, 2.24) is 9.97 Å². The van der Waals surface area contributed by atoms with Crippen molar-refractivity contribution in [3.05, 3.63) is 23.8 Å². The summed E-state index contributed by atoms with van der Waals surface area (Å²) >= 11 is 0. The highest BCUT2D eigenvalue weighted by Gasteiger charge is 2.38. The van der Waals surface area contributed by atoms with Gasteiger partial charge >= 0.3 is 0 Å². The van der Waals surface area contributed by atoms with Gasteiger partial charge in [-0.3, -0.25) is 0 Å². The molecule has 0 aromatic carbocycles. The Morgan fingerprint density at radius 3 is 2.41 bits per heavy atom. The molecular weight excluding hydrogens is 214 g/mol. The van der Waals surface area contributed by atoms with Crippen molar-refractivity contribution < 1.29 is 4.74 Å². The summed E-state index contributed by atoms with van der Waals surface area (Å²) in [5.41, 5.74) is 6.60. The van der Waals surface area contributed by atoms with E-state index in [2.05, 4.69) is 9.97 Å². The normalized spacial score (nSPS) is 20.4. The van der Waals surface area contributed by atoms with Gasteiger partial charge in [0.25, 0.3) is 0 Å². The molecule has 0 saturated heterocycles. The molecule has 1 aliphatic carbocycles. The molecule has 1 fully saturated rings. The lowest BCUT2D eigenvalue weighted by atomic mass is 10.0. The van der Waals surface area contributed by atoms with Gasteiger partial charge in [0.05, 0.1) is 0 Å². The molecule has 0 aliphatic heterocycles. The van der Waals surface area contributed by atoms with Crippen molar-refractivity contribution in [2.75, 3.05) is 7.11 Å². The molecule has 4 heteroatoms. The number of hydrogen-bond acceptors (Lipinski definition) is 4. The molecule has 1 aliphatic rings. The first-order valence-electron chi connectivity index (χ1n) is 6.28. The number of ether oxygens (including phenoxy) is 1. The zero-order valence-electron chi connectivity index (χ0n) is 10.6. The molecule has 17 heavy (non-hydrogen) atoms. The van der Waals surface area contributed by atoms with Crippen molar-refractivity contribution in [3.8, 4) is 0 Å². The Morgan fingerprint density at radius 1 is 1.35 bits per heavy atom. The standard InChI is InChI=1S/C13H21N3O/c1-10(14)7-11-8-15-12(16-9-11)13(17-2)5-3-4-6-13/h8-10H,3-7,14H2,1-2H3. The van der Waals surface area contributed by atoms with Crippen LogP contribution in [0, 0.1) is 0 Å². The molecule has 1 aromatic heterocycles. The van der Waals surface area contributed by atoms with Crippen LogP contribution < -0.4 is 5.73 Å². The Hall–Kier alpha value is -1.00. The fourth-order valence-corrected chi connectivity index (χ4v) is 2.53. The molecule has 0 bridgehead atoms. The van der Waals surface area contributed by atoms with E-state index in [1.54, 1.807) is 7.11 Å². The Bertz CT molecular complexity index is 355. The lowest BCUT2D eigenvalue weighted by Gasteiger charge is -2.25. The third-order valence-electron chi connectivity index (χ3n) is 3.47. The van der Waals surface area contributed by atoms with E-state index in [9.17, 15) is 0 Å². The van der Waals surface area contributed by atoms with Crippen LogP contribution in [0.3, 0.4) is 0 Å². The highest BCUT2D eigenvalue weighted by molar-refractivity contribution is 5.12. The molecule has 1 aromatic rings. The minimum atomic E-state index is -0.243. The maximum Gasteiger partial charge on any atom is 0.160 e. The summed E-state index contributed by atoms with van der Waals surface area (Å²) in [4.78, 5) is 8.93. The smallest absolute Gasteiger partial charge is 0.160 e. The summed E-state index contributed by atoms with van der Waals surface area (Å²) < 4.78 is 5.66. The van der Waals surface area contributed by atoms with Gasteiger partial charge in [-0.15, -0.1) is 0 Å². The molecule has 94 valence electrons. The highest BCUT2D eigenvalue weighted by atomic mass is 16.5. The van der Waals surface area contributed by atoms with Crippen LogP contribution in [0.1, 0.15) is 44.0 Å². The quantitative estimate of drug-likeness (QED) is 0.864. The summed E-state index contributed by atoms with van der Waals surface area (Å²) in [5.74, 6) is 0.825. The molecule has 4 nitrogen and oxygen atoms in total. The number of methoxy groups -OCH3 is 1. The van der Waals surface area contributed by atoms with Gasteiger partial charge in [-0.05, 0) is 44.6 Å². The Labute approximate surface area is 103 Å². The van der Waals surface area contributed by atoms with Gasteiger partial charge in [0.1, 0.15) is 5.60 Å². The van der Waals surface area contributed by atoms with Crippen molar-refractivity contribution in [2.24, 2.45) is 5.73 Å². The molecular formula is C13H21N3O. The summed E-state index contributed by atoms with van der Waals surface area (Å²) in [6.45, 7) is 1.99. The van der Waals surface area contributed by atoms with E-state index < -0.39 is 0 Å². The minimum Gasteiger partial charge on any atom is -0.370 e. The summed E-state index contributed by atoms with van der Waals surface area (Å²) in [6.07, 6.45) is 9.01. The molecule has 1 atom stereocenters. The average Bonchev–Trinajstić information content (AvgIpc) is 2.79. The van der Waals surface area contributed by atoms with Crippen LogP contribution in [0.4, 0.5) is 0 Å². The molecule has 1 heterocycles. The first-order chi connectivity index (χ1) is 8.16. The van der Waals surface area contributed by atoms with Crippen LogP contribution in [0.2, 0.25) is 0 Å². The second-order valence-corrected chi connectivity index (χ2v) is 5.00. The summed E-state index contributed by atoms with van der Waals surface area (Å²) in [6, 6.07) is 0.146. The van der Waals surface area contributed by atoms with Gasteiger partial charge in [0.2, 0.25) is 0 Å². The molecule has 0 spiro atoms. The fraction of sp³-hybridized carbons (Fsp3) is 0.692. The number of hydrogen-bond donors (Lipinski definition) is 1. The van der Waals surface area contributed by atoms with Crippen LogP contribution in [-0.2, 0) is 16.8 Å². The predicted molar refractivity (Wildman–Crippen MR) is 66.5 cm³/mol. The molecule has 2 N–H and O–H groups in total. The van der Waals surface area contributed by atoms with Crippen molar-refractivity contribution in [3.63, 3.8) is 0 Å². The Kier molecular flexibility index (Phi) is 3.74. The molecule has 0 amide bonds. The van der Waals surface area contributed by atoms with Gasteiger partial charge < -0.3 is 10.5 Å². The minimum absolute atomic E-state index is 0.146. The molecule has 2 rings (SSSR count). The van der Waals surface area contributed by atoms with Gasteiger partial charge in [0.15, 0.2) is 5.82 Å². The average molecular weight is 235 g/mol.